The number of hydrogen-bond acceptors (Lipinski definition) is 38. The Labute approximate surface area is 642 Å². The van der Waals surface area contributed by atoms with Crippen molar-refractivity contribution < 1.29 is 209 Å². The molecule has 28 atom stereocenters. The van der Waals surface area contributed by atoms with Gasteiger partial charge in [0.15, 0.2) is 84.6 Å². The van der Waals surface area contributed by atoms with E-state index in [2.05, 4.69) is 34.9 Å². The smallest absolute Gasteiger partial charge is 0.351 e. The van der Waals surface area contributed by atoms with E-state index in [1.807, 2.05) is 0 Å². The second-order valence-corrected chi connectivity index (χ2v) is 24.8. The molecule has 1 radical (unpaired) electrons. The van der Waals surface area contributed by atoms with Crippen molar-refractivity contribution in [3.8, 4) is 0 Å². The summed E-state index contributed by atoms with van der Waals surface area (Å²) < 4.78 is 167. The van der Waals surface area contributed by atoms with E-state index in [1.165, 1.54) is 75.4 Å². The maximum absolute atomic E-state index is 14.2. The SMILES string of the molecule is CC(=O)OC1O[C@@H](C)[C@@H](OC(C)=O)[C@@H](OC(C)=O)[C@@H]1F.CC(=O)OC1O[C@@H](C)[C@@H](OC(C)=O)[C@@H](OC(C)=O)[C@@H]1OC(C)=O.CC(=O)O[C@@H]1[C@H](C)OC=C[C@@H]1OC(C)=O.CC(=O)O[C@@H]1[C@H](OC(C)=O)[C@H](C)O[C@@H](Br)[C@H]1OC(C)=O.CC(=O)O[C@H]1[C@H](F)[C@H](F)O[C@@H](C)[C@H]1OC(C)=O.C[B]F.C[C@@H]1OC(O)[C@@H](O)[C@H](O)[C@@H]1O.FF. The van der Waals surface area contributed by atoms with E-state index in [1.54, 1.807) is 26.8 Å². The zero-order chi connectivity index (χ0) is 86.5. The minimum absolute atomic E-state index is 0.330. The Bertz CT molecular complexity index is 2990. The molecule has 6 rings (SSSR count). The van der Waals surface area contributed by atoms with Crippen LogP contribution in [0, 0.1) is 0 Å². The molecule has 38 nitrogen and oxygen atoms in total. The van der Waals surface area contributed by atoms with Gasteiger partial charge in [0, 0.05) is 106 Å². The van der Waals surface area contributed by atoms with Crippen LogP contribution in [-0.2, 0) is 162 Å². The first-order chi connectivity index (χ1) is 51.3. The lowest BCUT2D eigenvalue weighted by atomic mass is 9.99. The van der Waals surface area contributed by atoms with Crippen LogP contribution in [0.1, 0.15) is 138 Å². The van der Waals surface area contributed by atoms with Gasteiger partial charge in [0.25, 0.3) is 0 Å². The van der Waals surface area contributed by atoms with E-state index in [0.717, 1.165) is 55.4 Å². The maximum atomic E-state index is 14.2. The molecule has 0 saturated carbocycles. The lowest BCUT2D eigenvalue weighted by Crippen LogP contribution is -2.61. The molecule has 5 fully saturated rings. The first kappa shape index (κ1) is 105. The monoisotopic (exact) mass is 1690 g/mol. The third kappa shape index (κ3) is 38.8. The van der Waals surface area contributed by atoms with Gasteiger partial charge >= 0.3 is 91.1 Å². The van der Waals surface area contributed by atoms with Crippen molar-refractivity contribution >= 4 is 107 Å². The molecule has 6 aliphatic rings. The summed E-state index contributed by atoms with van der Waals surface area (Å²) in [6, 6.07) is 0. The van der Waals surface area contributed by atoms with Crippen molar-refractivity contribution in [1.29, 1.82) is 0 Å². The Morgan fingerprint density at radius 2 is 0.604 bits per heavy atom. The van der Waals surface area contributed by atoms with Crippen molar-refractivity contribution in [1.82, 2.24) is 0 Å². The van der Waals surface area contributed by atoms with E-state index in [9.17, 15) is 84.6 Å². The molecule has 6 aliphatic heterocycles. The van der Waals surface area contributed by atoms with Gasteiger partial charge in [-0.05, 0) is 47.6 Å². The van der Waals surface area contributed by atoms with Gasteiger partial charge in [0.2, 0.25) is 31.2 Å². The number of carbonyl (C=O) groups excluding carboxylic acids is 14. The van der Waals surface area contributed by atoms with Crippen LogP contribution >= 0.6 is 15.9 Å². The Morgan fingerprint density at radius 3 is 0.982 bits per heavy atom. The third-order valence-corrected chi connectivity index (χ3v) is 14.9. The van der Waals surface area contributed by atoms with Crippen LogP contribution in [0.25, 0.3) is 0 Å². The zero-order valence-corrected chi connectivity index (χ0v) is 65.8. The third-order valence-electron chi connectivity index (χ3n) is 14.2. The molecule has 0 spiro atoms. The average Bonchev–Trinajstić information content (AvgIpc) is 0.773. The predicted octanol–water partition coefficient (Wildman–Crippen LogP) is 2.46. The molecular weight excluding hydrogens is 1590 g/mol. The summed E-state index contributed by atoms with van der Waals surface area (Å²) >= 11 is 3.22. The number of hydrogen-bond donors (Lipinski definition) is 4. The Balaban J connectivity index is 0. The number of alkyl halides is 4. The van der Waals surface area contributed by atoms with Crippen LogP contribution in [-0.4, -0.2) is 282 Å². The van der Waals surface area contributed by atoms with Crippen LogP contribution < -0.4 is 0 Å². The highest BCUT2D eigenvalue weighted by atomic mass is 79.9. The molecular formula is C65H97BBrF6O38. The largest absolute Gasteiger partial charge is 0.494 e. The standard InChI is InChI=1S/C14H20O9.C12H17BrO7.C12H17FO7.C10H14F2O5.C10H14O5.C6H12O5.CH3BF.F2/c1-6-11(20-7(2)15)12(21-8(3)16)13(22-9(4)17)14(19-6)23-10(5)18;1-5-9(18-6(2)14)10(19-7(3)15)11(12(13)17-5)20-8(4)16;1-5-10(18-6(2)14)11(19-7(3)15)9(13)12(17-5)20-8(4)16;1-4-8(16-5(2)13)9(17-6(3)14)7(11)10(12)15-4;1-6-10(15-8(3)12)9(4-5-13-6)14-7(2)11;1-2-3(7)4(8)5(9)6(10)11-2;1-2-3;1-2/h6,11-14H,1-5H3;2*5,9-12H,1-4H3;4,7-10H,1-3H3;4-6,9-10H,1-3H3;2-10H,1H3;1H3;/t6-,11+,12+,13-,14?;5-,9+,10+,11-,12+;5-,9-,10+,11-,12?;4-,7-,8+,9-,10+;6-,9-,10+;2-,3+,4+,5-,6?;;/m000000../s1. The molecule has 6 heterocycles. The molecule has 0 aromatic carbocycles. The molecule has 0 aromatic rings. The van der Waals surface area contributed by atoms with E-state index in [4.69, 9.17) is 105 Å². The summed E-state index contributed by atoms with van der Waals surface area (Å²) in [5.41, 5.74) is 0. The molecule has 46 heteroatoms. The number of aliphatic hydroxyl groups excluding tert-OH is 4. The summed E-state index contributed by atoms with van der Waals surface area (Å²) in [6.07, 6.45) is -27.9. The van der Waals surface area contributed by atoms with Crippen LogP contribution in [0.2, 0.25) is 6.82 Å². The van der Waals surface area contributed by atoms with E-state index < -0.39 is 248 Å². The Morgan fingerprint density at radius 1 is 0.324 bits per heavy atom. The molecule has 111 heavy (non-hydrogen) atoms. The van der Waals surface area contributed by atoms with Crippen molar-refractivity contribution in [2.24, 2.45) is 0 Å². The minimum atomic E-state index is -2.21. The van der Waals surface area contributed by atoms with Crippen molar-refractivity contribution in [2.45, 2.75) is 316 Å². The number of esters is 14. The normalized spacial score (nSPS) is 33.2. The summed E-state index contributed by atoms with van der Waals surface area (Å²) in [4.78, 5) is 155. The molecule has 0 bridgehead atoms. The van der Waals surface area contributed by atoms with Gasteiger partial charge in [0.05, 0.1) is 36.8 Å². The van der Waals surface area contributed by atoms with Gasteiger partial charge in [-0.3, -0.25) is 67.1 Å². The van der Waals surface area contributed by atoms with Gasteiger partial charge in [0.1, 0.15) is 24.4 Å². The zero-order valence-electron chi connectivity index (χ0n) is 64.2. The molecule has 0 amide bonds. The molecule has 0 aromatic heterocycles. The number of halogens is 7. The van der Waals surface area contributed by atoms with Crippen molar-refractivity contribution in [2.75, 3.05) is 0 Å². The summed E-state index contributed by atoms with van der Waals surface area (Å²) in [5, 5.41) is 35.3. The highest BCUT2D eigenvalue weighted by Gasteiger charge is 2.54. The van der Waals surface area contributed by atoms with E-state index in [0.29, 0.717) is 7.56 Å². The highest BCUT2D eigenvalue weighted by molar-refractivity contribution is 9.09. The summed E-state index contributed by atoms with van der Waals surface area (Å²) in [5.74, 6) is -8.83. The lowest BCUT2D eigenvalue weighted by Gasteiger charge is -2.42. The van der Waals surface area contributed by atoms with Gasteiger partial charge in [-0.25, -0.2) is 13.2 Å². The van der Waals surface area contributed by atoms with Crippen molar-refractivity contribution in [3.63, 3.8) is 0 Å². The fraction of sp³-hybridized carbons (Fsp3) is 0.754. The highest BCUT2D eigenvalue weighted by Crippen LogP contribution is 2.34. The van der Waals surface area contributed by atoms with Crippen LogP contribution in [0.5, 0.6) is 0 Å². The summed E-state index contributed by atoms with van der Waals surface area (Å²) in [7, 11) is 0.500. The summed E-state index contributed by atoms with van der Waals surface area (Å²) in [6.45, 7) is 27.1. The fourth-order valence-corrected chi connectivity index (χ4v) is 10.9. The number of rotatable bonds is 14. The van der Waals surface area contributed by atoms with Crippen molar-refractivity contribution in [3.05, 3.63) is 12.3 Å². The number of ether oxygens (including phenoxy) is 20. The molecule has 4 N–H and O–H groups in total. The van der Waals surface area contributed by atoms with Gasteiger partial charge in [-0.1, -0.05) is 22.8 Å². The first-order valence-corrected chi connectivity index (χ1v) is 34.1. The van der Waals surface area contributed by atoms with Gasteiger partial charge in [-0.2, -0.15) is 0 Å². The second-order valence-electron chi connectivity index (χ2n) is 23.9. The van der Waals surface area contributed by atoms with E-state index >= 15 is 0 Å². The maximum Gasteiger partial charge on any atom is 0.351 e. The molecule has 0 aliphatic carbocycles. The first-order valence-electron chi connectivity index (χ1n) is 33.2. The van der Waals surface area contributed by atoms with Crippen LogP contribution in [0.4, 0.5) is 26.6 Å². The Kier molecular flexibility index (Phi) is 49.4. The second kappa shape index (κ2) is 52.2. The van der Waals surface area contributed by atoms with Gasteiger partial charge < -0.3 is 119 Å². The number of aliphatic hydroxyl groups is 4. The fourth-order valence-electron chi connectivity index (χ4n) is 10.1. The Hall–Kier alpha value is -8.12. The van der Waals surface area contributed by atoms with E-state index in [-0.39, 0.29) is 6.10 Å². The van der Waals surface area contributed by atoms with Crippen LogP contribution in [0.15, 0.2) is 12.3 Å². The lowest BCUT2D eigenvalue weighted by molar-refractivity contribution is -0.292. The minimum Gasteiger partial charge on any atom is -0.494 e. The number of carbonyl (C=O) groups is 14. The molecule has 637 valence electrons. The van der Waals surface area contributed by atoms with Crippen LogP contribution in [0.3, 0.4) is 0 Å². The molecule has 5 saturated heterocycles. The quantitative estimate of drug-likeness (QED) is 0.0638. The average molecular weight is 1690 g/mol. The molecule has 3 unspecified atom stereocenters. The van der Waals surface area contributed by atoms with Gasteiger partial charge in [-0.15, -0.1) is 0 Å². The topological polar surface area (TPSA) is 505 Å². The predicted molar refractivity (Wildman–Crippen MR) is 357 cm³/mol.